The number of ether oxygens (including phenoxy) is 1. The Labute approximate surface area is 106 Å². The number of pyridine rings is 1. The predicted octanol–water partition coefficient (Wildman–Crippen LogP) is 2.18. The lowest BCUT2D eigenvalue weighted by Gasteiger charge is -2.18. The van der Waals surface area contributed by atoms with Gasteiger partial charge in [-0.15, -0.1) is 0 Å². The van der Waals surface area contributed by atoms with Crippen molar-refractivity contribution in [3.63, 3.8) is 0 Å². The Morgan fingerprint density at radius 1 is 1.39 bits per heavy atom. The summed E-state index contributed by atoms with van der Waals surface area (Å²) >= 11 is 0. The number of anilines is 1. The highest BCUT2D eigenvalue weighted by atomic mass is 16.5. The fourth-order valence-electron chi connectivity index (χ4n) is 2.11. The van der Waals surface area contributed by atoms with Crippen LogP contribution in [0.25, 0.3) is 10.8 Å². The molecule has 1 aromatic heterocycles. The largest absolute Gasteiger partial charge is 0.385 e. The van der Waals surface area contributed by atoms with E-state index >= 15 is 0 Å². The highest BCUT2D eigenvalue weighted by Crippen LogP contribution is 2.16. The van der Waals surface area contributed by atoms with Crippen LogP contribution >= 0.6 is 0 Å². The van der Waals surface area contributed by atoms with Crippen LogP contribution in [0.3, 0.4) is 0 Å². The van der Waals surface area contributed by atoms with Gasteiger partial charge in [-0.1, -0.05) is 18.2 Å². The summed E-state index contributed by atoms with van der Waals surface area (Å²) in [7, 11) is 0. The zero-order chi connectivity index (χ0) is 13.1. The number of fused-ring (bicyclic) bond motifs is 1. The number of nitrogen functional groups attached to an aromatic ring is 1. The molecule has 0 spiro atoms. The number of nitrogens with zero attached hydrogens (tertiary/aromatic N) is 1. The van der Waals surface area contributed by atoms with E-state index in [-0.39, 0.29) is 11.6 Å². The quantitative estimate of drug-likeness (QED) is 0.899. The molecule has 0 fully saturated rings. The van der Waals surface area contributed by atoms with E-state index in [0.29, 0.717) is 24.4 Å². The van der Waals surface area contributed by atoms with Crippen molar-refractivity contribution in [3.8, 4) is 0 Å². The van der Waals surface area contributed by atoms with E-state index in [1.807, 2.05) is 44.2 Å². The van der Waals surface area contributed by atoms with Gasteiger partial charge < -0.3 is 10.5 Å². The van der Waals surface area contributed by atoms with Crippen molar-refractivity contribution in [3.05, 3.63) is 40.7 Å². The number of hydrogen-bond acceptors (Lipinski definition) is 3. The third-order valence-corrected chi connectivity index (χ3v) is 3.00. The summed E-state index contributed by atoms with van der Waals surface area (Å²) in [5, 5.41) is 1.56. The van der Waals surface area contributed by atoms with Crippen LogP contribution in [0, 0.1) is 0 Å². The normalized spacial score (nSPS) is 12.8. The summed E-state index contributed by atoms with van der Waals surface area (Å²) in [4.78, 5) is 12.4. The first-order valence-electron chi connectivity index (χ1n) is 6.12. The molecule has 0 bridgehead atoms. The molecule has 1 unspecified atom stereocenters. The first kappa shape index (κ1) is 12.6. The van der Waals surface area contributed by atoms with E-state index in [1.54, 1.807) is 4.57 Å². The molecule has 0 radical (unpaired) electrons. The van der Waals surface area contributed by atoms with E-state index in [9.17, 15) is 4.79 Å². The molecule has 2 N–H and O–H groups in total. The lowest BCUT2D eigenvalue weighted by molar-refractivity contribution is 0.118. The molecule has 0 amide bonds. The van der Waals surface area contributed by atoms with Crippen molar-refractivity contribution in [2.24, 2.45) is 0 Å². The average Bonchev–Trinajstić information content (AvgIpc) is 2.36. The molecule has 0 aliphatic heterocycles. The van der Waals surface area contributed by atoms with Gasteiger partial charge in [0.05, 0.1) is 12.6 Å². The predicted molar refractivity (Wildman–Crippen MR) is 73.8 cm³/mol. The van der Waals surface area contributed by atoms with Gasteiger partial charge in [-0.3, -0.25) is 9.36 Å². The van der Waals surface area contributed by atoms with Gasteiger partial charge in [-0.05, 0) is 31.4 Å². The van der Waals surface area contributed by atoms with Crippen LogP contribution in [-0.4, -0.2) is 17.8 Å². The Morgan fingerprint density at radius 2 is 2.11 bits per heavy atom. The molecular formula is C14H18N2O2. The van der Waals surface area contributed by atoms with Crippen molar-refractivity contribution in [1.29, 1.82) is 0 Å². The lowest BCUT2D eigenvalue weighted by atomic mass is 10.1. The molecule has 0 saturated heterocycles. The van der Waals surface area contributed by atoms with Crippen LogP contribution < -0.4 is 11.3 Å². The summed E-state index contributed by atoms with van der Waals surface area (Å²) < 4.78 is 6.95. The first-order chi connectivity index (χ1) is 8.65. The van der Waals surface area contributed by atoms with E-state index < -0.39 is 0 Å². The Balaban J connectivity index is 2.54. The lowest BCUT2D eigenvalue weighted by Crippen LogP contribution is -2.28. The number of rotatable bonds is 4. The molecule has 1 atom stereocenters. The van der Waals surface area contributed by atoms with Gasteiger partial charge >= 0.3 is 0 Å². The molecule has 1 heterocycles. The first-order valence-corrected chi connectivity index (χ1v) is 6.12. The van der Waals surface area contributed by atoms with Crippen molar-refractivity contribution >= 4 is 16.6 Å². The second-order valence-corrected chi connectivity index (χ2v) is 4.34. The summed E-state index contributed by atoms with van der Waals surface area (Å²) in [6, 6.07) is 9.24. The van der Waals surface area contributed by atoms with Crippen molar-refractivity contribution in [1.82, 2.24) is 4.57 Å². The molecule has 2 aromatic rings. The second-order valence-electron chi connectivity index (χ2n) is 4.34. The Bertz CT molecular complexity index is 604. The van der Waals surface area contributed by atoms with Gasteiger partial charge in [0.25, 0.3) is 5.56 Å². The van der Waals surface area contributed by atoms with Crippen LogP contribution in [0.15, 0.2) is 35.1 Å². The zero-order valence-electron chi connectivity index (χ0n) is 10.7. The SMILES string of the molecule is CCOCC(C)n1c(N)cc2ccccc2c1=O. The maximum Gasteiger partial charge on any atom is 0.260 e. The number of benzene rings is 1. The van der Waals surface area contributed by atoms with Gasteiger partial charge in [0, 0.05) is 12.0 Å². The van der Waals surface area contributed by atoms with Crippen LogP contribution in [0.2, 0.25) is 0 Å². The number of hydrogen-bond donors (Lipinski definition) is 1. The minimum absolute atomic E-state index is 0.0576. The highest BCUT2D eigenvalue weighted by molar-refractivity contribution is 5.83. The van der Waals surface area contributed by atoms with Crippen LogP contribution in [-0.2, 0) is 4.74 Å². The van der Waals surface area contributed by atoms with Gasteiger partial charge in [0.2, 0.25) is 0 Å². The van der Waals surface area contributed by atoms with E-state index in [1.165, 1.54) is 0 Å². The zero-order valence-corrected chi connectivity index (χ0v) is 10.7. The minimum atomic E-state index is -0.0675. The highest BCUT2D eigenvalue weighted by Gasteiger charge is 2.12. The van der Waals surface area contributed by atoms with Crippen molar-refractivity contribution in [2.45, 2.75) is 19.9 Å². The van der Waals surface area contributed by atoms with Crippen LogP contribution in [0.4, 0.5) is 5.82 Å². The Hall–Kier alpha value is -1.81. The summed E-state index contributed by atoms with van der Waals surface area (Å²) in [6.45, 7) is 4.98. The van der Waals surface area contributed by atoms with Crippen LogP contribution in [0.1, 0.15) is 19.9 Å². The minimum Gasteiger partial charge on any atom is -0.385 e. The fraction of sp³-hybridized carbons (Fsp3) is 0.357. The monoisotopic (exact) mass is 246 g/mol. The fourth-order valence-corrected chi connectivity index (χ4v) is 2.11. The summed E-state index contributed by atoms with van der Waals surface area (Å²) in [6.07, 6.45) is 0. The van der Waals surface area contributed by atoms with E-state index in [0.717, 1.165) is 5.39 Å². The number of aromatic nitrogens is 1. The van der Waals surface area contributed by atoms with Crippen LogP contribution in [0.5, 0.6) is 0 Å². The average molecular weight is 246 g/mol. The topological polar surface area (TPSA) is 57.2 Å². The third-order valence-electron chi connectivity index (χ3n) is 3.00. The molecule has 4 heteroatoms. The van der Waals surface area contributed by atoms with E-state index in [2.05, 4.69) is 0 Å². The summed E-state index contributed by atoms with van der Waals surface area (Å²) in [5.41, 5.74) is 5.91. The van der Waals surface area contributed by atoms with Gasteiger partial charge in [0.15, 0.2) is 0 Å². The van der Waals surface area contributed by atoms with Gasteiger partial charge in [0.1, 0.15) is 5.82 Å². The molecule has 96 valence electrons. The molecule has 18 heavy (non-hydrogen) atoms. The standard InChI is InChI=1S/C14H18N2O2/c1-3-18-9-10(2)16-13(15)8-11-6-4-5-7-12(11)14(16)17/h4-8,10H,3,9,15H2,1-2H3. The molecule has 0 aliphatic carbocycles. The Kier molecular flexibility index (Phi) is 3.67. The Morgan fingerprint density at radius 3 is 2.83 bits per heavy atom. The van der Waals surface area contributed by atoms with Gasteiger partial charge in [-0.25, -0.2) is 0 Å². The van der Waals surface area contributed by atoms with E-state index in [4.69, 9.17) is 10.5 Å². The molecule has 2 rings (SSSR count). The van der Waals surface area contributed by atoms with Gasteiger partial charge in [-0.2, -0.15) is 0 Å². The van der Waals surface area contributed by atoms with Crippen molar-refractivity contribution in [2.75, 3.05) is 18.9 Å². The smallest absolute Gasteiger partial charge is 0.260 e. The number of nitrogens with two attached hydrogens (primary N) is 1. The molecule has 0 saturated carbocycles. The molecule has 4 nitrogen and oxygen atoms in total. The molecule has 0 aliphatic rings. The molecule has 1 aromatic carbocycles. The maximum absolute atomic E-state index is 12.4. The summed E-state index contributed by atoms with van der Waals surface area (Å²) in [5.74, 6) is 0.478. The second kappa shape index (κ2) is 5.23. The molecular weight excluding hydrogens is 228 g/mol. The maximum atomic E-state index is 12.4. The van der Waals surface area contributed by atoms with Crippen molar-refractivity contribution < 1.29 is 4.74 Å². The third kappa shape index (κ3) is 2.24.